The molecule has 2 rings (SSSR count). The Labute approximate surface area is 122 Å². The van der Waals surface area contributed by atoms with Crippen molar-refractivity contribution < 1.29 is 24.1 Å². The number of rotatable bonds is 6. The van der Waals surface area contributed by atoms with Crippen LogP contribution in [0.3, 0.4) is 0 Å². The van der Waals surface area contributed by atoms with Crippen molar-refractivity contribution in [1.82, 2.24) is 4.98 Å². The van der Waals surface area contributed by atoms with E-state index in [4.69, 9.17) is 9.47 Å². The number of pyridine rings is 1. The molecular formula is C15H17NO5. The van der Waals surface area contributed by atoms with E-state index in [1.807, 2.05) is 0 Å². The van der Waals surface area contributed by atoms with E-state index in [0.717, 1.165) is 11.8 Å². The Hall–Kier alpha value is -2.34. The Bertz CT molecular complexity index is 641. The van der Waals surface area contributed by atoms with E-state index in [1.165, 1.54) is 19.2 Å². The van der Waals surface area contributed by atoms with Gasteiger partial charge in [0, 0.05) is 37.7 Å². The summed E-state index contributed by atoms with van der Waals surface area (Å²) in [6.07, 6.45) is 0.728. The largest absolute Gasteiger partial charge is 0.508 e. The summed E-state index contributed by atoms with van der Waals surface area (Å²) in [6.45, 7) is 1.04. The van der Waals surface area contributed by atoms with E-state index in [1.54, 1.807) is 19.2 Å². The van der Waals surface area contributed by atoms with Crippen molar-refractivity contribution in [2.24, 2.45) is 0 Å². The molecular weight excluding hydrogens is 274 g/mol. The second-order valence-electron chi connectivity index (χ2n) is 4.39. The lowest BCUT2D eigenvalue weighted by atomic mass is 10.1. The van der Waals surface area contributed by atoms with Crippen LogP contribution in [0.15, 0.2) is 24.3 Å². The minimum atomic E-state index is -0.554. The molecule has 0 saturated carbocycles. The third-order valence-electron chi connectivity index (χ3n) is 2.90. The van der Waals surface area contributed by atoms with Crippen molar-refractivity contribution >= 4 is 16.9 Å². The highest BCUT2D eigenvalue weighted by molar-refractivity contribution is 5.94. The van der Waals surface area contributed by atoms with Gasteiger partial charge in [0.05, 0.1) is 19.2 Å². The van der Waals surface area contributed by atoms with Crippen molar-refractivity contribution in [1.29, 1.82) is 0 Å². The number of phenolic OH excluding ortho intramolecular Hbond substituents is 1. The summed E-state index contributed by atoms with van der Waals surface area (Å²) < 4.78 is 15.3. The van der Waals surface area contributed by atoms with Crippen molar-refractivity contribution in [3.05, 3.63) is 30.0 Å². The van der Waals surface area contributed by atoms with Crippen LogP contribution in [0.1, 0.15) is 16.9 Å². The van der Waals surface area contributed by atoms with Crippen LogP contribution in [-0.2, 0) is 9.47 Å². The van der Waals surface area contributed by atoms with Crippen molar-refractivity contribution in [2.75, 3.05) is 27.4 Å². The fourth-order valence-electron chi connectivity index (χ4n) is 1.90. The van der Waals surface area contributed by atoms with Gasteiger partial charge < -0.3 is 19.3 Å². The van der Waals surface area contributed by atoms with Crippen LogP contribution in [-0.4, -0.2) is 43.5 Å². The predicted octanol–water partition coefficient (Wildman–Crippen LogP) is 2.14. The van der Waals surface area contributed by atoms with Gasteiger partial charge in [-0.05, 0) is 12.1 Å². The summed E-state index contributed by atoms with van der Waals surface area (Å²) in [6, 6.07) is 6.26. The molecule has 0 amide bonds. The zero-order valence-corrected chi connectivity index (χ0v) is 12.0. The van der Waals surface area contributed by atoms with E-state index < -0.39 is 5.97 Å². The number of nitrogens with zero attached hydrogens (tertiary/aromatic N) is 1. The summed E-state index contributed by atoms with van der Waals surface area (Å²) >= 11 is 0. The lowest BCUT2D eigenvalue weighted by Gasteiger charge is -2.11. The average Bonchev–Trinajstić information content (AvgIpc) is 2.49. The van der Waals surface area contributed by atoms with Crippen LogP contribution in [0.5, 0.6) is 11.5 Å². The van der Waals surface area contributed by atoms with Crippen molar-refractivity contribution in [3.63, 3.8) is 0 Å². The SMILES string of the molecule is COCCCOc1cc(C(=O)OC)nc2cc(O)ccc12. The molecule has 0 saturated heterocycles. The van der Waals surface area contributed by atoms with E-state index >= 15 is 0 Å². The maximum atomic E-state index is 11.6. The highest BCUT2D eigenvalue weighted by atomic mass is 16.5. The number of esters is 1. The van der Waals surface area contributed by atoms with Crippen LogP contribution < -0.4 is 4.74 Å². The standard InChI is InChI=1S/C15H17NO5/c1-19-6-3-7-21-14-9-13(15(18)20-2)16-12-8-10(17)4-5-11(12)14/h4-5,8-9,17H,3,6-7H2,1-2H3. The molecule has 0 fully saturated rings. The summed E-state index contributed by atoms with van der Waals surface area (Å²) in [5.74, 6) is 0.0424. The maximum absolute atomic E-state index is 11.6. The molecule has 0 aliphatic heterocycles. The van der Waals surface area contributed by atoms with Crippen molar-refractivity contribution in [3.8, 4) is 11.5 Å². The number of methoxy groups -OCH3 is 2. The topological polar surface area (TPSA) is 77.9 Å². The van der Waals surface area contributed by atoms with Gasteiger partial charge in [-0.1, -0.05) is 0 Å². The van der Waals surface area contributed by atoms with E-state index in [-0.39, 0.29) is 11.4 Å². The lowest BCUT2D eigenvalue weighted by Crippen LogP contribution is -2.07. The summed E-state index contributed by atoms with van der Waals surface area (Å²) in [4.78, 5) is 15.8. The molecule has 21 heavy (non-hydrogen) atoms. The van der Waals surface area contributed by atoms with Gasteiger partial charge in [-0.3, -0.25) is 0 Å². The van der Waals surface area contributed by atoms with Crippen LogP contribution >= 0.6 is 0 Å². The average molecular weight is 291 g/mol. The Balaban J connectivity index is 2.37. The van der Waals surface area contributed by atoms with Crippen LogP contribution in [0, 0.1) is 0 Å². The fourth-order valence-corrected chi connectivity index (χ4v) is 1.90. The molecule has 112 valence electrons. The maximum Gasteiger partial charge on any atom is 0.356 e. The molecule has 0 aliphatic rings. The Morgan fingerprint density at radius 3 is 2.76 bits per heavy atom. The van der Waals surface area contributed by atoms with Gasteiger partial charge in [0.25, 0.3) is 0 Å². The third kappa shape index (κ3) is 3.61. The number of hydrogen-bond acceptors (Lipinski definition) is 6. The first kappa shape index (κ1) is 15.1. The minimum absolute atomic E-state index is 0.0716. The number of hydrogen-bond donors (Lipinski definition) is 1. The number of phenols is 1. The molecule has 0 bridgehead atoms. The molecule has 1 aromatic heterocycles. The zero-order valence-electron chi connectivity index (χ0n) is 12.0. The number of ether oxygens (including phenoxy) is 3. The van der Waals surface area contributed by atoms with Gasteiger partial charge >= 0.3 is 5.97 Å². The monoisotopic (exact) mass is 291 g/mol. The van der Waals surface area contributed by atoms with Gasteiger partial charge in [0.2, 0.25) is 0 Å². The smallest absolute Gasteiger partial charge is 0.356 e. The van der Waals surface area contributed by atoms with Crippen LogP contribution in [0.2, 0.25) is 0 Å². The van der Waals surface area contributed by atoms with E-state index in [0.29, 0.717) is 24.5 Å². The summed E-state index contributed by atoms with van der Waals surface area (Å²) in [5.41, 5.74) is 0.608. The highest BCUT2D eigenvalue weighted by Gasteiger charge is 2.13. The molecule has 6 nitrogen and oxygen atoms in total. The number of carbonyl (C=O) groups is 1. The first-order valence-corrected chi connectivity index (χ1v) is 6.49. The van der Waals surface area contributed by atoms with Gasteiger partial charge in [0.15, 0.2) is 5.69 Å². The normalized spacial score (nSPS) is 10.6. The molecule has 0 spiro atoms. The first-order valence-electron chi connectivity index (χ1n) is 6.49. The number of carbonyl (C=O) groups excluding carboxylic acids is 1. The molecule has 1 aromatic carbocycles. The van der Waals surface area contributed by atoms with Gasteiger partial charge in [-0.2, -0.15) is 0 Å². The van der Waals surface area contributed by atoms with Gasteiger partial charge in [-0.25, -0.2) is 9.78 Å². The number of benzene rings is 1. The quantitative estimate of drug-likeness (QED) is 0.649. The van der Waals surface area contributed by atoms with Crippen LogP contribution in [0.25, 0.3) is 10.9 Å². The van der Waals surface area contributed by atoms with Gasteiger partial charge in [0.1, 0.15) is 11.5 Å². The Kier molecular flexibility index (Phi) is 4.94. The molecule has 0 atom stereocenters. The van der Waals surface area contributed by atoms with Crippen molar-refractivity contribution in [2.45, 2.75) is 6.42 Å². The number of fused-ring (bicyclic) bond motifs is 1. The number of aromatic nitrogens is 1. The molecule has 0 radical (unpaired) electrons. The zero-order chi connectivity index (χ0) is 15.2. The summed E-state index contributed by atoms with van der Waals surface area (Å²) in [7, 11) is 2.91. The molecule has 1 N–H and O–H groups in total. The lowest BCUT2D eigenvalue weighted by molar-refractivity contribution is 0.0594. The third-order valence-corrected chi connectivity index (χ3v) is 2.90. The molecule has 0 unspecified atom stereocenters. The van der Waals surface area contributed by atoms with Gasteiger partial charge in [-0.15, -0.1) is 0 Å². The van der Waals surface area contributed by atoms with E-state index in [2.05, 4.69) is 9.72 Å². The fraction of sp³-hybridized carbons (Fsp3) is 0.333. The molecule has 6 heteroatoms. The molecule has 0 aliphatic carbocycles. The van der Waals surface area contributed by atoms with Crippen LogP contribution in [0.4, 0.5) is 0 Å². The highest BCUT2D eigenvalue weighted by Crippen LogP contribution is 2.28. The minimum Gasteiger partial charge on any atom is -0.508 e. The number of aromatic hydroxyl groups is 1. The molecule has 2 aromatic rings. The Morgan fingerprint density at radius 1 is 1.24 bits per heavy atom. The molecule has 1 heterocycles. The Morgan fingerprint density at radius 2 is 2.05 bits per heavy atom. The van der Waals surface area contributed by atoms with E-state index in [9.17, 15) is 9.90 Å². The first-order chi connectivity index (χ1) is 10.2. The second-order valence-corrected chi connectivity index (χ2v) is 4.39. The predicted molar refractivity (Wildman–Crippen MR) is 76.7 cm³/mol. The summed E-state index contributed by atoms with van der Waals surface area (Å²) in [5, 5.41) is 10.3. The second kappa shape index (κ2) is 6.90.